The van der Waals surface area contributed by atoms with E-state index in [0.29, 0.717) is 18.2 Å². The standard InChI is InChI=1S/C13H20N2O/c1-2-5-11-10-7-9-16-13(10)15-8-4-3-6-12(15)14-11/h3-4,6,10-11,13-14H,2,5,7-9H2,1H3. The first kappa shape index (κ1) is 10.2. The molecule has 0 amide bonds. The largest absolute Gasteiger partial charge is 0.368 e. The average molecular weight is 220 g/mol. The van der Waals surface area contributed by atoms with Crippen molar-refractivity contribution in [3.05, 3.63) is 24.0 Å². The minimum atomic E-state index is 0.314. The molecule has 0 aromatic heterocycles. The molecule has 3 rings (SSSR count). The van der Waals surface area contributed by atoms with Crippen LogP contribution in [0.2, 0.25) is 0 Å². The Labute approximate surface area is 97.1 Å². The van der Waals surface area contributed by atoms with Gasteiger partial charge >= 0.3 is 0 Å². The molecule has 88 valence electrons. The van der Waals surface area contributed by atoms with Gasteiger partial charge in [0.25, 0.3) is 0 Å². The predicted octanol–water partition coefficient (Wildman–Crippen LogP) is 1.83. The second-order valence-corrected chi connectivity index (χ2v) is 4.89. The lowest BCUT2D eigenvalue weighted by atomic mass is 9.89. The predicted molar refractivity (Wildman–Crippen MR) is 63.6 cm³/mol. The van der Waals surface area contributed by atoms with Gasteiger partial charge in [-0.1, -0.05) is 25.5 Å². The van der Waals surface area contributed by atoms with E-state index in [1.165, 1.54) is 25.1 Å². The van der Waals surface area contributed by atoms with Crippen molar-refractivity contribution in [2.75, 3.05) is 13.2 Å². The normalized spacial score (nSPS) is 36.4. The van der Waals surface area contributed by atoms with Crippen LogP contribution >= 0.6 is 0 Å². The molecule has 0 bridgehead atoms. The highest BCUT2D eigenvalue weighted by Gasteiger charge is 2.43. The lowest BCUT2D eigenvalue weighted by Crippen LogP contribution is -2.56. The first-order valence-electron chi connectivity index (χ1n) is 6.41. The smallest absolute Gasteiger partial charge is 0.136 e. The van der Waals surface area contributed by atoms with Gasteiger partial charge in [0.05, 0.1) is 0 Å². The number of nitrogens with one attached hydrogen (secondary N) is 1. The number of rotatable bonds is 2. The fourth-order valence-electron chi connectivity index (χ4n) is 3.11. The van der Waals surface area contributed by atoms with Crippen molar-refractivity contribution in [2.24, 2.45) is 5.92 Å². The zero-order valence-corrected chi connectivity index (χ0v) is 9.86. The Morgan fingerprint density at radius 2 is 2.50 bits per heavy atom. The Bertz CT molecular complexity index is 324. The molecule has 3 heterocycles. The van der Waals surface area contributed by atoms with Crippen LogP contribution in [0.5, 0.6) is 0 Å². The number of fused-ring (bicyclic) bond motifs is 3. The summed E-state index contributed by atoms with van der Waals surface area (Å²) in [6.07, 6.45) is 10.5. The van der Waals surface area contributed by atoms with Crippen molar-refractivity contribution in [3.63, 3.8) is 0 Å². The summed E-state index contributed by atoms with van der Waals surface area (Å²) >= 11 is 0. The van der Waals surface area contributed by atoms with Gasteiger partial charge in [-0.2, -0.15) is 0 Å². The highest BCUT2D eigenvalue weighted by Crippen LogP contribution is 2.35. The van der Waals surface area contributed by atoms with Crippen LogP contribution in [0.15, 0.2) is 24.0 Å². The SMILES string of the molecule is CCCC1NC2=CC=CCN2C2OCCC12. The quantitative estimate of drug-likeness (QED) is 0.768. The maximum Gasteiger partial charge on any atom is 0.136 e. The minimum Gasteiger partial charge on any atom is -0.368 e. The second kappa shape index (κ2) is 4.13. The van der Waals surface area contributed by atoms with Crippen LogP contribution in [0.3, 0.4) is 0 Å². The van der Waals surface area contributed by atoms with E-state index in [2.05, 4.69) is 35.4 Å². The Morgan fingerprint density at radius 3 is 3.38 bits per heavy atom. The number of hydrogen-bond donors (Lipinski definition) is 1. The molecule has 3 unspecified atom stereocenters. The van der Waals surface area contributed by atoms with Gasteiger partial charge in [0.15, 0.2) is 0 Å². The number of nitrogens with zero attached hydrogens (tertiary/aromatic N) is 1. The van der Waals surface area contributed by atoms with Gasteiger partial charge in [-0.25, -0.2) is 0 Å². The van der Waals surface area contributed by atoms with E-state index < -0.39 is 0 Å². The minimum absolute atomic E-state index is 0.314. The molecule has 1 N–H and O–H groups in total. The molecule has 2 fully saturated rings. The Balaban J connectivity index is 1.84. The molecule has 0 radical (unpaired) electrons. The fraction of sp³-hybridized carbons (Fsp3) is 0.692. The van der Waals surface area contributed by atoms with Crippen LogP contribution < -0.4 is 5.32 Å². The van der Waals surface area contributed by atoms with E-state index in [1.54, 1.807) is 0 Å². The summed E-state index contributed by atoms with van der Waals surface area (Å²) in [5, 5.41) is 3.68. The van der Waals surface area contributed by atoms with Gasteiger partial charge in [-0.3, -0.25) is 0 Å². The van der Waals surface area contributed by atoms with Gasteiger partial charge in [0.2, 0.25) is 0 Å². The summed E-state index contributed by atoms with van der Waals surface area (Å²) < 4.78 is 5.91. The van der Waals surface area contributed by atoms with E-state index in [0.717, 1.165) is 13.2 Å². The average Bonchev–Trinajstić information content (AvgIpc) is 2.79. The molecular weight excluding hydrogens is 200 g/mol. The van der Waals surface area contributed by atoms with Crippen LogP contribution in [0.1, 0.15) is 26.2 Å². The van der Waals surface area contributed by atoms with E-state index in [9.17, 15) is 0 Å². The zero-order chi connectivity index (χ0) is 11.0. The monoisotopic (exact) mass is 220 g/mol. The van der Waals surface area contributed by atoms with E-state index in [-0.39, 0.29) is 0 Å². The van der Waals surface area contributed by atoms with E-state index >= 15 is 0 Å². The molecule has 3 heteroatoms. The van der Waals surface area contributed by atoms with Crippen LogP contribution in [-0.2, 0) is 4.74 Å². The van der Waals surface area contributed by atoms with Crippen molar-refractivity contribution >= 4 is 0 Å². The Hall–Kier alpha value is -0.960. The lowest BCUT2D eigenvalue weighted by Gasteiger charge is -2.45. The van der Waals surface area contributed by atoms with Gasteiger partial charge in [-0.05, 0) is 18.9 Å². The lowest BCUT2D eigenvalue weighted by molar-refractivity contribution is -0.0476. The maximum atomic E-state index is 5.91. The molecule has 3 aliphatic heterocycles. The van der Waals surface area contributed by atoms with Crippen LogP contribution in [0, 0.1) is 5.92 Å². The summed E-state index contributed by atoms with van der Waals surface area (Å²) in [7, 11) is 0. The molecule has 3 atom stereocenters. The highest BCUT2D eigenvalue weighted by atomic mass is 16.5. The summed E-state index contributed by atoms with van der Waals surface area (Å²) in [6.45, 7) is 4.16. The first-order chi connectivity index (χ1) is 7.90. The molecule has 3 nitrogen and oxygen atoms in total. The molecule has 2 saturated heterocycles. The van der Waals surface area contributed by atoms with Crippen molar-refractivity contribution < 1.29 is 4.74 Å². The van der Waals surface area contributed by atoms with Crippen molar-refractivity contribution in [1.29, 1.82) is 0 Å². The summed E-state index contributed by atoms with van der Waals surface area (Å²) in [4.78, 5) is 2.36. The zero-order valence-electron chi connectivity index (χ0n) is 9.86. The first-order valence-corrected chi connectivity index (χ1v) is 6.41. The summed E-state index contributed by atoms with van der Waals surface area (Å²) in [5.74, 6) is 1.92. The molecule has 0 aromatic carbocycles. The third-order valence-corrected chi connectivity index (χ3v) is 3.86. The van der Waals surface area contributed by atoms with Crippen LogP contribution in [0.25, 0.3) is 0 Å². The topological polar surface area (TPSA) is 24.5 Å². The van der Waals surface area contributed by atoms with E-state index in [1.807, 2.05) is 0 Å². The molecule has 16 heavy (non-hydrogen) atoms. The maximum absolute atomic E-state index is 5.91. The van der Waals surface area contributed by atoms with Crippen LogP contribution in [-0.4, -0.2) is 30.3 Å². The molecule has 3 aliphatic rings. The molecule has 0 spiro atoms. The van der Waals surface area contributed by atoms with Gasteiger partial charge in [0.1, 0.15) is 12.0 Å². The van der Waals surface area contributed by atoms with Gasteiger partial charge in [-0.15, -0.1) is 0 Å². The van der Waals surface area contributed by atoms with Crippen molar-refractivity contribution in [1.82, 2.24) is 10.2 Å². The number of ether oxygens (including phenoxy) is 1. The second-order valence-electron chi connectivity index (χ2n) is 4.89. The van der Waals surface area contributed by atoms with Gasteiger partial charge in [0, 0.05) is 25.1 Å². The summed E-state index contributed by atoms with van der Waals surface area (Å²) in [5.41, 5.74) is 0. The molecule has 0 saturated carbocycles. The molecule has 0 aromatic rings. The highest BCUT2D eigenvalue weighted by molar-refractivity contribution is 5.20. The summed E-state index contributed by atoms with van der Waals surface area (Å²) in [6, 6.07) is 0.603. The third-order valence-electron chi connectivity index (χ3n) is 3.86. The van der Waals surface area contributed by atoms with Crippen molar-refractivity contribution in [2.45, 2.75) is 38.5 Å². The van der Waals surface area contributed by atoms with E-state index in [4.69, 9.17) is 4.74 Å². The number of allylic oxidation sites excluding steroid dienone is 2. The third kappa shape index (κ3) is 1.54. The Morgan fingerprint density at radius 1 is 1.56 bits per heavy atom. The molecular formula is C13H20N2O. The molecule has 0 aliphatic carbocycles. The van der Waals surface area contributed by atoms with Gasteiger partial charge < -0.3 is 15.0 Å². The fourth-order valence-corrected chi connectivity index (χ4v) is 3.11. The van der Waals surface area contributed by atoms with Crippen molar-refractivity contribution in [3.8, 4) is 0 Å². The Kier molecular flexibility index (Phi) is 2.64. The number of hydrogen-bond acceptors (Lipinski definition) is 3. The van der Waals surface area contributed by atoms with Crippen LogP contribution in [0.4, 0.5) is 0 Å².